The molecule has 7 heteroatoms. The van der Waals surface area contributed by atoms with E-state index in [-0.39, 0.29) is 30.7 Å². The lowest BCUT2D eigenvalue weighted by Crippen LogP contribution is -2.32. The van der Waals surface area contributed by atoms with Gasteiger partial charge in [-0.25, -0.2) is 4.98 Å². The average molecular weight is 305 g/mol. The molecule has 19 heavy (non-hydrogen) atoms. The molecule has 5 nitrogen and oxygen atoms in total. The van der Waals surface area contributed by atoms with Gasteiger partial charge in [0.1, 0.15) is 11.3 Å². The SMILES string of the molecule is CNCCN(C)C(=O)c1cn2ccccc2n1.Cl.Cl. The molecule has 0 aliphatic rings. The average Bonchev–Trinajstić information content (AvgIpc) is 2.78. The number of halogens is 2. The molecule has 0 unspecified atom stereocenters. The first-order valence-corrected chi connectivity index (χ1v) is 5.56. The number of rotatable bonds is 4. The molecule has 0 atom stereocenters. The van der Waals surface area contributed by atoms with Crippen molar-refractivity contribution in [2.75, 3.05) is 27.2 Å². The Morgan fingerprint density at radius 3 is 2.79 bits per heavy atom. The highest BCUT2D eigenvalue weighted by Crippen LogP contribution is 2.06. The Labute approximate surface area is 124 Å². The van der Waals surface area contributed by atoms with E-state index < -0.39 is 0 Å². The van der Waals surface area contributed by atoms with Gasteiger partial charge in [0.15, 0.2) is 0 Å². The number of nitrogens with zero attached hydrogens (tertiary/aromatic N) is 3. The van der Waals surface area contributed by atoms with Crippen molar-refractivity contribution in [3.8, 4) is 0 Å². The molecule has 2 aromatic heterocycles. The Bertz CT molecular complexity index is 496. The number of imidazole rings is 1. The highest BCUT2D eigenvalue weighted by molar-refractivity contribution is 5.92. The highest BCUT2D eigenvalue weighted by Gasteiger charge is 2.14. The highest BCUT2D eigenvalue weighted by atomic mass is 35.5. The summed E-state index contributed by atoms with van der Waals surface area (Å²) in [4.78, 5) is 18.0. The zero-order chi connectivity index (χ0) is 12.3. The fraction of sp³-hybridized carbons (Fsp3) is 0.333. The smallest absolute Gasteiger partial charge is 0.273 e. The summed E-state index contributed by atoms with van der Waals surface area (Å²) in [6.07, 6.45) is 3.64. The number of nitrogens with one attached hydrogen (secondary N) is 1. The predicted octanol–water partition coefficient (Wildman–Crippen LogP) is 1.47. The molecule has 1 amide bonds. The molecule has 0 spiro atoms. The summed E-state index contributed by atoms with van der Waals surface area (Å²) in [5, 5.41) is 3.01. The summed E-state index contributed by atoms with van der Waals surface area (Å²) in [5.41, 5.74) is 1.27. The minimum Gasteiger partial charge on any atom is -0.339 e. The molecule has 0 aromatic carbocycles. The molecule has 0 saturated heterocycles. The number of hydrogen-bond donors (Lipinski definition) is 1. The summed E-state index contributed by atoms with van der Waals surface area (Å²) in [7, 11) is 3.65. The van der Waals surface area contributed by atoms with Crippen molar-refractivity contribution in [1.29, 1.82) is 0 Å². The van der Waals surface area contributed by atoms with E-state index >= 15 is 0 Å². The normalized spacial score (nSPS) is 9.58. The van der Waals surface area contributed by atoms with Gasteiger partial charge in [-0.2, -0.15) is 0 Å². The maximum absolute atomic E-state index is 12.0. The van der Waals surface area contributed by atoms with Crippen LogP contribution in [0.4, 0.5) is 0 Å². The fourth-order valence-corrected chi connectivity index (χ4v) is 1.61. The lowest BCUT2D eigenvalue weighted by Gasteiger charge is -2.14. The Hall–Kier alpha value is -1.30. The minimum absolute atomic E-state index is 0. The van der Waals surface area contributed by atoms with E-state index in [1.165, 1.54) is 0 Å². The van der Waals surface area contributed by atoms with Crippen LogP contribution in [0.25, 0.3) is 5.65 Å². The van der Waals surface area contributed by atoms with Crippen LogP contribution in [0.2, 0.25) is 0 Å². The molecule has 2 heterocycles. The van der Waals surface area contributed by atoms with Crippen molar-refractivity contribution in [1.82, 2.24) is 19.6 Å². The van der Waals surface area contributed by atoms with Gasteiger partial charge in [0, 0.05) is 32.5 Å². The fourth-order valence-electron chi connectivity index (χ4n) is 1.61. The van der Waals surface area contributed by atoms with Gasteiger partial charge in [-0.3, -0.25) is 4.79 Å². The third-order valence-electron chi connectivity index (χ3n) is 2.63. The van der Waals surface area contributed by atoms with Crippen LogP contribution in [-0.2, 0) is 0 Å². The first-order chi connectivity index (χ1) is 8.22. The molecule has 0 aliphatic carbocycles. The third-order valence-corrected chi connectivity index (χ3v) is 2.63. The summed E-state index contributed by atoms with van der Waals surface area (Å²) in [5.74, 6) is -0.0519. The second kappa shape index (κ2) is 7.99. The van der Waals surface area contributed by atoms with Gasteiger partial charge in [-0.05, 0) is 19.2 Å². The van der Waals surface area contributed by atoms with Gasteiger partial charge in [-0.1, -0.05) is 6.07 Å². The molecule has 0 bridgehead atoms. The Morgan fingerprint density at radius 1 is 1.42 bits per heavy atom. The van der Waals surface area contributed by atoms with Gasteiger partial charge in [0.05, 0.1) is 0 Å². The van der Waals surface area contributed by atoms with Gasteiger partial charge in [-0.15, -0.1) is 24.8 Å². The van der Waals surface area contributed by atoms with E-state index in [9.17, 15) is 4.79 Å². The number of aromatic nitrogens is 2. The first kappa shape index (κ1) is 17.7. The van der Waals surface area contributed by atoms with E-state index in [4.69, 9.17) is 0 Å². The number of pyridine rings is 1. The van der Waals surface area contributed by atoms with Crippen LogP contribution in [-0.4, -0.2) is 47.4 Å². The quantitative estimate of drug-likeness (QED) is 0.930. The van der Waals surface area contributed by atoms with Crippen LogP contribution < -0.4 is 5.32 Å². The second-order valence-corrected chi connectivity index (χ2v) is 3.92. The number of carbonyl (C=O) groups is 1. The summed E-state index contributed by atoms with van der Waals surface area (Å²) < 4.78 is 1.85. The van der Waals surface area contributed by atoms with Crippen LogP contribution in [0.1, 0.15) is 10.5 Å². The van der Waals surface area contributed by atoms with Crippen LogP contribution in [0.5, 0.6) is 0 Å². The van der Waals surface area contributed by atoms with Crippen LogP contribution in [0, 0.1) is 0 Å². The molecular formula is C12H18Cl2N4O. The van der Waals surface area contributed by atoms with E-state index in [1.54, 1.807) is 18.1 Å². The molecule has 2 aromatic rings. The number of carbonyl (C=O) groups excluding carboxylic acids is 1. The Balaban J connectivity index is 0.00000162. The van der Waals surface area contributed by atoms with Crippen molar-refractivity contribution in [2.24, 2.45) is 0 Å². The Kier molecular flexibility index (Phi) is 7.44. The van der Waals surface area contributed by atoms with E-state index in [2.05, 4.69) is 10.3 Å². The topological polar surface area (TPSA) is 49.6 Å². The molecular weight excluding hydrogens is 287 g/mol. The first-order valence-electron chi connectivity index (χ1n) is 5.56. The van der Waals surface area contributed by atoms with Crippen LogP contribution in [0.15, 0.2) is 30.6 Å². The molecule has 0 fully saturated rings. The monoisotopic (exact) mass is 304 g/mol. The summed E-state index contributed by atoms with van der Waals surface area (Å²) in [6, 6.07) is 5.69. The van der Waals surface area contributed by atoms with Crippen LogP contribution in [0.3, 0.4) is 0 Å². The maximum Gasteiger partial charge on any atom is 0.273 e. The Morgan fingerprint density at radius 2 is 2.16 bits per heavy atom. The van der Waals surface area contributed by atoms with Gasteiger partial charge < -0.3 is 14.6 Å². The summed E-state index contributed by atoms with van der Waals surface area (Å²) >= 11 is 0. The lowest BCUT2D eigenvalue weighted by atomic mass is 10.4. The zero-order valence-electron chi connectivity index (χ0n) is 10.9. The number of likely N-dealkylation sites (N-methyl/N-ethyl adjacent to an activating group) is 2. The van der Waals surface area contributed by atoms with E-state index in [0.717, 1.165) is 12.2 Å². The predicted molar refractivity (Wildman–Crippen MR) is 80.6 cm³/mol. The van der Waals surface area contributed by atoms with Gasteiger partial charge in [0.25, 0.3) is 5.91 Å². The molecule has 1 N–H and O–H groups in total. The van der Waals surface area contributed by atoms with Gasteiger partial charge in [0.2, 0.25) is 0 Å². The number of fused-ring (bicyclic) bond motifs is 1. The standard InChI is InChI=1S/C12H16N4O.2ClH/c1-13-6-8-15(2)12(17)10-9-16-7-4-3-5-11(16)14-10;;/h3-5,7,9,13H,6,8H2,1-2H3;2*1H. The minimum atomic E-state index is -0.0519. The molecule has 0 radical (unpaired) electrons. The van der Waals surface area contributed by atoms with E-state index in [1.807, 2.05) is 35.8 Å². The van der Waals surface area contributed by atoms with Crippen LogP contribution >= 0.6 is 24.8 Å². The third kappa shape index (κ3) is 4.09. The van der Waals surface area contributed by atoms with Crippen molar-refractivity contribution in [3.63, 3.8) is 0 Å². The molecule has 106 valence electrons. The van der Waals surface area contributed by atoms with E-state index in [0.29, 0.717) is 12.2 Å². The lowest BCUT2D eigenvalue weighted by molar-refractivity contribution is 0.0792. The largest absolute Gasteiger partial charge is 0.339 e. The maximum atomic E-state index is 12.0. The van der Waals surface area contributed by atoms with Crippen molar-refractivity contribution in [2.45, 2.75) is 0 Å². The second-order valence-electron chi connectivity index (χ2n) is 3.92. The number of hydrogen-bond acceptors (Lipinski definition) is 3. The zero-order valence-corrected chi connectivity index (χ0v) is 12.5. The summed E-state index contributed by atoms with van der Waals surface area (Å²) in [6.45, 7) is 1.44. The van der Waals surface area contributed by atoms with Crippen molar-refractivity contribution < 1.29 is 4.79 Å². The molecule has 2 rings (SSSR count). The van der Waals surface area contributed by atoms with Gasteiger partial charge >= 0.3 is 0 Å². The number of amides is 1. The van der Waals surface area contributed by atoms with Crippen molar-refractivity contribution >= 4 is 36.4 Å². The van der Waals surface area contributed by atoms with Crippen molar-refractivity contribution in [3.05, 3.63) is 36.3 Å². The molecule has 0 saturated carbocycles. The molecule has 0 aliphatic heterocycles.